The lowest BCUT2D eigenvalue weighted by atomic mass is 9.98. The Labute approximate surface area is 90.8 Å². The van der Waals surface area contributed by atoms with Gasteiger partial charge in [0.1, 0.15) is 0 Å². The average molecular weight is 196 g/mol. The van der Waals surface area contributed by atoms with Crippen LogP contribution in [0.1, 0.15) is 71.6 Å². The van der Waals surface area contributed by atoms with Crippen molar-refractivity contribution in [3.05, 3.63) is 12.7 Å². The molecule has 0 amide bonds. The second-order valence-corrected chi connectivity index (χ2v) is 4.53. The Kier molecular flexibility index (Phi) is 10.6. The molecule has 0 spiro atoms. The van der Waals surface area contributed by atoms with Gasteiger partial charge in [0.15, 0.2) is 0 Å². The maximum absolute atomic E-state index is 3.74. The van der Waals surface area contributed by atoms with Crippen LogP contribution in [0.5, 0.6) is 0 Å². The van der Waals surface area contributed by atoms with Gasteiger partial charge in [-0.2, -0.15) is 0 Å². The zero-order valence-corrected chi connectivity index (χ0v) is 10.2. The predicted octanol–water partition coefficient (Wildman–Crippen LogP) is 5.34. The normalized spacial score (nSPS) is 12.7. The van der Waals surface area contributed by atoms with Crippen molar-refractivity contribution in [3.63, 3.8) is 0 Å². The minimum Gasteiger partial charge on any atom is -0.103 e. The van der Waals surface area contributed by atoms with E-state index in [1.807, 2.05) is 6.08 Å². The molecular formula is C14H28. The Morgan fingerprint density at radius 2 is 1.64 bits per heavy atom. The van der Waals surface area contributed by atoms with Crippen LogP contribution < -0.4 is 0 Å². The largest absolute Gasteiger partial charge is 0.103 e. The van der Waals surface area contributed by atoms with Crippen LogP contribution in [0.25, 0.3) is 0 Å². The third-order valence-electron chi connectivity index (χ3n) is 2.89. The first-order valence-electron chi connectivity index (χ1n) is 6.42. The molecule has 14 heavy (non-hydrogen) atoms. The summed E-state index contributed by atoms with van der Waals surface area (Å²) < 4.78 is 0. The number of hydrogen-bond donors (Lipinski definition) is 0. The second kappa shape index (κ2) is 10.8. The first-order chi connectivity index (χ1) is 6.81. The molecule has 0 rings (SSSR count). The summed E-state index contributed by atoms with van der Waals surface area (Å²) in [5.41, 5.74) is 0. The maximum Gasteiger partial charge on any atom is -0.0353 e. The molecule has 0 saturated heterocycles. The van der Waals surface area contributed by atoms with E-state index < -0.39 is 0 Å². The fraction of sp³-hybridized carbons (Fsp3) is 0.857. The van der Waals surface area contributed by atoms with Crippen LogP contribution in [0.3, 0.4) is 0 Å². The van der Waals surface area contributed by atoms with Crippen LogP contribution in [-0.2, 0) is 0 Å². The van der Waals surface area contributed by atoms with E-state index in [0.717, 1.165) is 5.92 Å². The summed E-state index contributed by atoms with van der Waals surface area (Å²) >= 11 is 0. The van der Waals surface area contributed by atoms with Gasteiger partial charge in [0, 0.05) is 0 Å². The Morgan fingerprint density at radius 1 is 1.00 bits per heavy atom. The van der Waals surface area contributed by atoms with Crippen molar-refractivity contribution in [2.45, 2.75) is 71.6 Å². The van der Waals surface area contributed by atoms with E-state index in [2.05, 4.69) is 20.4 Å². The summed E-state index contributed by atoms with van der Waals surface area (Å²) in [4.78, 5) is 0. The Hall–Kier alpha value is -0.260. The van der Waals surface area contributed by atoms with Crippen molar-refractivity contribution in [2.75, 3.05) is 0 Å². The Bertz CT molecular complexity index is 115. The topological polar surface area (TPSA) is 0 Å². The van der Waals surface area contributed by atoms with Gasteiger partial charge >= 0.3 is 0 Å². The highest BCUT2D eigenvalue weighted by molar-refractivity contribution is 4.65. The van der Waals surface area contributed by atoms with Crippen LogP contribution in [0.2, 0.25) is 0 Å². The molecule has 0 aromatic rings. The molecule has 0 nitrogen and oxygen atoms in total. The van der Waals surface area contributed by atoms with E-state index in [1.165, 1.54) is 57.8 Å². The highest BCUT2D eigenvalue weighted by atomic mass is 14.1. The van der Waals surface area contributed by atoms with Gasteiger partial charge in [-0.25, -0.2) is 0 Å². The zero-order valence-electron chi connectivity index (χ0n) is 10.2. The van der Waals surface area contributed by atoms with Crippen molar-refractivity contribution >= 4 is 0 Å². The van der Waals surface area contributed by atoms with Crippen molar-refractivity contribution in [2.24, 2.45) is 5.92 Å². The fourth-order valence-electron chi connectivity index (χ4n) is 1.95. The lowest BCUT2D eigenvalue weighted by molar-refractivity contribution is 0.452. The van der Waals surface area contributed by atoms with Crippen LogP contribution in [0.4, 0.5) is 0 Å². The van der Waals surface area contributed by atoms with Gasteiger partial charge in [0.05, 0.1) is 0 Å². The monoisotopic (exact) mass is 196 g/mol. The fourth-order valence-corrected chi connectivity index (χ4v) is 1.95. The molecule has 0 N–H and O–H groups in total. The van der Waals surface area contributed by atoms with Crippen LogP contribution in [0.15, 0.2) is 12.7 Å². The zero-order chi connectivity index (χ0) is 10.6. The Balaban J connectivity index is 3.01. The molecule has 0 heteroatoms. The van der Waals surface area contributed by atoms with E-state index in [-0.39, 0.29) is 0 Å². The summed E-state index contributed by atoms with van der Waals surface area (Å²) in [5.74, 6) is 0.952. The average Bonchev–Trinajstić information content (AvgIpc) is 2.17. The molecule has 0 saturated carbocycles. The van der Waals surface area contributed by atoms with Crippen LogP contribution >= 0.6 is 0 Å². The quantitative estimate of drug-likeness (QED) is 0.327. The third kappa shape index (κ3) is 9.83. The van der Waals surface area contributed by atoms with Crippen LogP contribution in [-0.4, -0.2) is 0 Å². The number of rotatable bonds is 10. The maximum atomic E-state index is 3.74. The van der Waals surface area contributed by atoms with Crippen molar-refractivity contribution < 1.29 is 0 Å². The molecular weight excluding hydrogens is 168 g/mol. The molecule has 0 fully saturated rings. The summed E-state index contributed by atoms with van der Waals surface area (Å²) in [6.07, 6.45) is 14.5. The summed E-state index contributed by atoms with van der Waals surface area (Å²) in [5, 5.41) is 0. The third-order valence-corrected chi connectivity index (χ3v) is 2.89. The minimum atomic E-state index is 0.952. The van der Waals surface area contributed by atoms with Gasteiger partial charge < -0.3 is 0 Å². The molecule has 0 heterocycles. The Morgan fingerprint density at radius 3 is 2.29 bits per heavy atom. The van der Waals surface area contributed by atoms with E-state index in [4.69, 9.17) is 0 Å². The van der Waals surface area contributed by atoms with Crippen LogP contribution in [0, 0.1) is 5.92 Å². The number of hydrogen-bond acceptors (Lipinski definition) is 0. The van der Waals surface area contributed by atoms with E-state index in [9.17, 15) is 0 Å². The van der Waals surface area contributed by atoms with Crippen molar-refractivity contribution in [3.8, 4) is 0 Å². The van der Waals surface area contributed by atoms with Gasteiger partial charge in [0.25, 0.3) is 0 Å². The molecule has 0 aliphatic rings. The molecule has 0 radical (unpaired) electrons. The highest BCUT2D eigenvalue weighted by Crippen LogP contribution is 2.15. The van der Waals surface area contributed by atoms with E-state index in [1.54, 1.807) is 0 Å². The summed E-state index contributed by atoms with van der Waals surface area (Å²) in [6.45, 7) is 8.41. The highest BCUT2D eigenvalue weighted by Gasteiger charge is 1.99. The second-order valence-electron chi connectivity index (χ2n) is 4.53. The molecule has 0 unspecified atom stereocenters. The van der Waals surface area contributed by atoms with Gasteiger partial charge in [-0.3, -0.25) is 0 Å². The SMILES string of the molecule is C=CCCCCCCC[C@@H](C)CCC. The van der Waals surface area contributed by atoms with Gasteiger partial charge in [-0.1, -0.05) is 64.9 Å². The molecule has 1 atom stereocenters. The molecule has 0 bridgehead atoms. The minimum absolute atomic E-state index is 0.952. The molecule has 84 valence electrons. The summed E-state index contributed by atoms with van der Waals surface area (Å²) in [7, 11) is 0. The standard InChI is InChI=1S/C14H28/c1-4-6-7-8-9-10-11-13-14(3)12-5-2/h4,14H,1,5-13H2,2-3H3/t14-/m0/s1. The van der Waals surface area contributed by atoms with Crippen molar-refractivity contribution in [1.29, 1.82) is 0 Å². The van der Waals surface area contributed by atoms with E-state index >= 15 is 0 Å². The lowest BCUT2D eigenvalue weighted by Crippen LogP contribution is -1.93. The lowest BCUT2D eigenvalue weighted by Gasteiger charge is -2.08. The predicted molar refractivity (Wildman–Crippen MR) is 66.6 cm³/mol. The first kappa shape index (κ1) is 13.7. The van der Waals surface area contributed by atoms with E-state index in [0.29, 0.717) is 0 Å². The molecule has 0 aromatic heterocycles. The summed E-state index contributed by atoms with van der Waals surface area (Å²) in [6, 6.07) is 0. The van der Waals surface area contributed by atoms with Gasteiger partial charge in [-0.05, 0) is 18.8 Å². The number of allylic oxidation sites excluding steroid dienone is 1. The van der Waals surface area contributed by atoms with Gasteiger partial charge in [0.2, 0.25) is 0 Å². The van der Waals surface area contributed by atoms with Crippen molar-refractivity contribution in [1.82, 2.24) is 0 Å². The number of unbranched alkanes of at least 4 members (excludes halogenated alkanes) is 5. The molecule has 0 aliphatic heterocycles. The molecule has 0 aromatic carbocycles. The van der Waals surface area contributed by atoms with Gasteiger partial charge in [-0.15, -0.1) is 6.58 Å². The first-order valence-corrected chi connectivity index (χ1v) is 6.42. The smallest absolute Gasteiger partial charge is 0.0353 e. The molecule has 0 aliphatic carbocycles.